The van der Waals surface area contributed by atoms with Gasteiger partial charge in [-0.3, -0.25) is 0 Å². The zero-order chi connectivity index (χ0) is 12.3. The van der Waals surface area contributed by atoms with Gasteiger partial charge in [0, 0.05) is 5.92 Å². The molecule has 0 aromatic rings. The highest BCUT2D eigenvalue weighted by Gasteiger charge is 2.58. The molecule has 0 radical (unpaired) electrons. The molecule has 6 heteroatoms. The molecule has 0 N–H and O–H groups in total. The van der Waals surface area contributed by atoms with Crippen LogP contribution >= 0.6 is 0 Å². The van der Waals surface area contributed by atoms with Crippen molar-refractivity contribution < 1.29 is 26.3 Å². The van der Waals surface area contributed by atoms with Crippen LogP contribution in [0.1, 0.15) is 6.42 Å². The van der Waals surface area contributed by atoms with Crippen LogP contribution < -0.4 is 0 Å². The van der Waals surface area contributed by atoms with E-state index in [1.54, 1.807) is 0 Å². The van der Waals surface area contributed by atoms with Gasteiger partial charge in [0.05, 0.1) is 0 Å². The van der Waals surface area contributed by atoms with Crippen molar-refractivity contribution in [1.29, 1.82) is 0 Å². The fourth-order valence-corrected chi connectivity index (χ4v) is 1.23. The molecule has 0 aliphatic carbocycles. The summed E-state index contributed by atoms with van der Waals surface area (Å²) in [6, 6.07) is 0. The number of hydrogen-bond acceptors (Lipinski definition) is 0. The van der Waals surface area contributed by atoms with E-state index in [0.29, 0.717) is 6.08 Å². The van der Waals surface area contributed by atoms with Crippen LogP contribution in [0.3, 0.4) is 0 Å². The molecule has 0 aliphatic rings. The van der Waals surface area contributed by atoms with E-state index in [2.05, 4.69) is 13.2 Å². The maximum atomic E-state index is 12.2. The fraction of sp³-hybridized carbons (Fsp3) is 0.556. The predicted molar refractivity (Wildman–Crippen MR) is 44.1 cm³/mol. The van der Waals surface area contributed by atoms with Crippen molar-refractivity contribution in [2.45, 2.75) is 18.8 Å². The van der Waals surface area contributed by atoms with Crippen LogP contribution in [0.4, 0.5) is 26.3 Å². The molecular formula is C9H10F6. The minimum absolute atomic E-state index is 0.410. The fourth-order valence-electron chi connectivity index (χ4n) is 1.23. The van der Waals surface area contributed by atoms with E-state index in [9.17, 15) is 26.3 Å². The second-order valence-corrected chi connectivity index (χ2v) is 2.98. The Morgan fingerprint density at radius 2 is 1.33 bits per heavy atom. The third-order valence-corrected chi connectivity index (χ3v) is 1.88. The van der Waals surface area contributed by atoms with Crippen molar-refractivity contribution in [3.63, 3.8) is 0 Å². The van der Waals surface area contributed by atoms with E-state index in [-0.39, 0.29) is 0 Å². The van der Waals surface area contributed by atoms with Gasteiger partial charge in [-0.1, -0.05) is 12.2 Å². The van der Waals surface area contributed by atoms with Gasteiger partial charge in [0.2, 0.25) is 0 Å². The predicted octanol–water partition coefficient (Wildman–Crippen LogP) is 4.11. The molecule has 0 aliphatic heterocycles. The first-order valence-electron chi connectivity index (χ1n) is 4.01. The van der Waals surface area contributed by atoms with Gasteiger partial charge in [-0.25, -0.2) is 0 Å². The van der Waals surface area contributed by atoms with Crippen LogP contribution in [-0.2, 0) is 0 Å². The number of hydrogen-bond donors (Lipinski definition) is 0. The lowest BCUT2D eigenvalue weighted by Gasteiger charge is -2.28. The van der Waals surface area contributed by atoms with E-state index in [1.807, 2.05) is 0 Å². The molecule has 0 fully saturated rings. The highest BCUT2D eigenvalue weighted by Crippen LogP contribution is 2.45. The monoisotopic (exact) mass is 232 g/mol. The van der Waals surface area contributed by atoms with Gasteiger partial charge in [0.15, 0.2) is 5.92 Å². The summed E-state index contributed by atoms with van der Waals surface area (Å²) in [4.78, 5) is 0. The van der Waals surface area contributed by atoms with Crippen molar-refractivity contribution >= 4 is 0 Å². The van der Waals surface area contributed by atoms with Gasteiger partial charge >= 0.3 is 12.4 Å². The summed E-state index contributed by atoms with van der Waals surface area (Å²) in [7, 11) is 0. The van der Waals surface area contributed by atoms with Crippen LogP contribution in [0, 0.1) is 11.8 Å². The lowest BCUT2D eigenvalue weighted by atomic mass is 9.88. The van der Waals surface area contributed by atoms with Crippen LogP contribution in [0.5, 0.6) is 0 Å². The number of rotatable bonds is 4. The van der Waals surface area contributed by atoms with Gasteiger partial charge in [0.1, 0.15) is 0 Å². The zero-order valence-electron chi connectivity index (χ0n) is 7.70. The summed E-state index contributed by atoms with van der Waals surface area (Å²) >= 11 is 0. The second-order valence-electron chi connectivity index (χ2n) is 2.98. The first kappa shape index (κ1) is 14.1. The average Bonchev–Trinajstić information content (AvgIpc) is 1.98. The van der Waals surface area contributed by atoms with Crippen molar-refractivity contribution in [3.8, 4) is 0 Å². The van der Waals surface area contributed by atoms with Crippen molar-refractivity contribution in [3.05, 3.63) is 25.3 Å². The number of halogens is 6. The van der Waals surface area contributed by atoms with Crippen LogP contribution in [-0.4, -0.2) is 12.4 Å². The van der Waals surface area contributed by atoms with Gasteiger partial charge in [-0.05, 0) is 6.42 Å². The average molecular weight is 232 g/mol. The summed E-state index contributed by atoms with van der Waals surface area (Å²) in [5.74, 6) is -5.09. The Hall–Kier alpha value is -0.940. The maximum absolute atomic E-state index is 12.2. The molecule has 0 saturated heterocycles. The van der Waals surface area contributed by atoms with Crippen LogP contribution in [0.25, 0.3) is 0 Å². The van der Waals surface area contributed by atoms with Gasteiger partial charge in [-0.15, -0.1) is 13.2 Å². The number of alkyl halides is 6. The Balaban J connectivity index is 5.08. The molecule has 0 saturated carbocycles. The summed E-state index contributed by atoms with van der Waals surface area (Å²) in [5, 5.41) is 0. The normalized spacial score (nSPS) is 15.1. The van der Waals surface area contributed by atoms with Gasteiger partial charge in [0.25, 0.3) is 0 Å². The lowest BCUT2D eigenvalue weighted by Crippen LogP contribution is -2.41. The smallest absolute Gasteiger partial charge is 0.170 e. The van der Waals surface area contributed by atoms with E-state index >= 15 is 0 Å². The van der Waals surface area contributed by atoms with Crippen molar-refractivity contribution in [2.24, 2.45) is 11.8 Å². The third kappa shape index (κ3) is 3.97. The molecule has 0 aromatic carbocycles. The first-order valence-corrected chi connectivity index (χ1v) is 4.01. The van der Waals surface area contributed by atoms with Crippen LogP contribution in [0.2, 0.25) is 0 Å². The minimum atomic E-state index is -5.32. The Bertz CT molecular complexity index is 210. The highest BCUT2D eigenvalue weighted by atomic mass is 19.4. The molecule has 0 spiro atoms. The lowest BCUT2D eigenvalue weighted by molar-refractivity contribution is -0.294. The molecule has 0 heterocycles. The summed E-state index contributed by atoms with van der Waals surface area (Å²) in [6.07, 6.45) is -9.38. The minimum Gasteiger partial charge on any atom is -0.170 e. The SMILES string of the molecule is C=CCC(C=C)C(C(F)(F)F)C(F)(F)F. The van der Waals surface area contributed by atoms with E-state index in [4.69, 9.17) is 0 Å². The third-order valence-electron chi connectivity index (χ3n) is 1.88. The Morgan fingerprint density at radius 3 is 1.53 bits per heavy atom. The Morgan fingerprint density at radius 1 is 0.933 bits per heavy atom. The quantitative estimate of drug-likeness (QED) is 0.505. The molecule has 88 valence electrons. The van der Waals surface area contributed by atoms with Crippen molar-refractivity contribution in [2.75, 3.05) is 0 Å². The summed E-state index contributed by atoms with van der Waals surface area (Å²) in [6.45, 7) is 6.09. The van der Waals surface area contributed by atoms with E-state index in [1.165, 1.54) is 0 Å². The molecule has 0 amide bonds. The molecule has 1 unspecified atom stereocenters. The molecular weight excluding hydrogens is 222 g/mol. The molecule has 15 heavy (non-hydrogen) atoms. The maximum Gasteiger partial charge on any atom is 0.401 e. The molecule has 0 bridgehead atoms. The topological polar surface area (TPSA) is 0 Å². The molecule has 0 nitrogen and oxygen atoms in total. The van der Waals surface area contributed by atoms with Crippen LogP contribution in [0.15, 0.2) is 25.3 Å². The van der Waals surface area contributed by atoms with E-state index < -0.39 is 30.6 Å². The summed E-state index contributed by atoms with van der Waals surface area (Å²) in [5.41, 5.74) is 0. The Labute approximate surface area is 83.3 Å². The second kappa shape index (κ2) is 4.72. The molecule has 0 rings (SSSR count). The largest absolute Gasteiger partial charge is 0.401 e. The van der Waals surface area contributed by atoms with Gasteiger partial charge in [-0.2, -0.15) is 26.3 Å². The zero-order valence-corrected chi connectivity index (χ0v) is 7.70. The Kier molecular flexibility index (Phi) is 4.42. The highest BCUT2D eigenvalue weighted by molar-refractivity contribution is 4.95. The van der Waals surface area contributed by atoms with Gasteiger partial charge < -0.3 is 0 Å². The van der Waals surface area contributed by atoms with Crippen molar-refractivity contribution in [1.82, 2.24) is 0 Å². The summed E-state index contributed by atoms with van der Waals surface area (Å²) < 4.78 is 73.0. The van der Waals surface area contributed by atoms with E-state index in [0.717, 1.165) is 6.08 Å². The number of allylic oxidation sites excluding steroid dienone is 2. The molecule has 0 aromatic heterocycles. The first-order chi connectivity index (χ1) is 6.64. The molecule has 1 atom stereocenters. The standard InChI is InChI=1S/C9H10F6/c1-3-5-6(4-2)7(8(10,11)12)9(13,14)15/h3-4,6-7H,1-2,5H2.